The first-order valence-corrected chi connectivity index (χ1v) is 7.64. The molecule has 1 saturated carbocycles. The lowest BCUT2D eigenvalue weighted by Gasteiger charge is -2.22. The van der Waals surface area contributed by atoms with Gasteiger partial charge in [-0.1, -0.05) is 12.8 Å². The van der Waals surface area contributed by atoms with Crippen LogP contribution in [0.5, 0.6) is 0 Å². The summed E-state index contributed by atoms with van der Waals surface area (Å²) in [5.74, 6) is 2.14. The lowest BCUT2D eigenvalue weighted by Crippen LogP contribution is -2.16. The molecule has 0 radical (unpaired) electrons. The number of hydrogen-bond donors (Lipinski definition) is 0. The van der Waals surface area contributed by atoms with E-state index in [-0.39, 0.29) is 0 Å². The molecule has 0 amide bonds. The molecule has 0 N–H and O–H groups in total. The monoisotopic (exact) mass is 277 g/mol. The molecule has 3 rings (SSSR count). The van der Waals surface area contributed by atoms with E-state index in [1.807, 2.05) is 19.1 Å². The van der Waals surface area contributed by atoms with Gasteiger partial charge in [-0.2, -0.15) is 0 Å². The fraction of sp³-hybridized carbons (Fsp3) is 0.600. The predicted octanol–water partition coefficient (Wildman–Crippen LogP) is 4.23. The quantitative estimate of drug-likeness (QED) is 0.786. The van der Waals surface area contributed by atoms with Gasteiger partial charge in [0.15, 0.2) is 5.65 Å². The van der Waals surface area contributed by atoms with E-state index in [2.05, 4.69) is 21.5 Å². The third-order valence-corrected chi connectivity index (χ3v) is 4.60. The standard InChI is InChI=1S/C15H20ClN3/c1-10-7-8-13-15(17-10)19(14(9-16)18-13)11(2)12-5-3-4-6-12/h7-8,11-12H,3-6,9H2,1-2H3. The van der Waals surface area contributed by atoms with Crippen molar-refractivity contribution >= 4 is 22.8 Å². The van der Waals surface area contributed by atoms with Crippen molar-refractivity contribution in [3.8, 4) is 0 Å². The van der Waals surface area contributed by atoms with Crippen LogP contribution >= 0.6 is 11.6 Å². The van der Waals surface area contributed by atoms with Crippen LogP contribution in [0.15, 0.2) is 12.1 Å². The third kappa shape index (κ3) is 2.25. The molecule has 4 heteroatoms. The van der Waals surface area contributed by atoms with Gasteiger partial charge in [0.2, 0.25) is 0 Å². The fourth-order valence-electron chi connectivity index (χ4n) is 3.29. The molecule has 2 aromatic rings. The van der Waals surface area contributed by atoms with Crippen LogP contribution in [0.25, 0.3) is 11.2 Å². The van der Waals surface area contributed by atoms with Crippen molar-refractivity contribution in [1.82, 2.24) is 14.5 Å². The van der Waals surface area contributed by atoms with Crippen LogP contribution in [0, 0.1) is 12.8 Å². The van der Waals surface area contributed by atoms with Crippen LogP contribution < -0.4 is 0 Å². The summed E-state index contributed by atoms with van der Waals surface area (Å²) in [6, 6.07) is 4.50. The number of halogens is 1. The number of alkyl halides is 1. The van der Waals surface area contributed by atoms with Gasteiger partial charge in [-0.05, 0) is 44.7 Å². The molecular formula is C15H20ClN3. The summed E-state index contributed by atoms with van der Waals surface area (Å²) in [5, 5.41) is 0. The Morgan fingerprint density at radius 1 is 1.32 bits per heavy atom. The molecule has 0 aromatic carbocycles. The average molecular weight is 278 g/mol. The van der Waals surface area contributed by atoms with E-state index in [0.717, 1.165) is 28.6 Å². The van der Waals surface area contributed by atoms with E-state index in [4.69, 9.17) is 11.6 Å². The fourth-order valence-corrected chi connectivity index (χ4v) is 3.48. The molecule has 0 aliphatic heterocycles. The molecule has 2 aromatic heterocycles. The summed E-state index contributed by atoms with van der Waals surface area (Å²) in [6.45, 7) is 4.31. The van der Waals surface area contributed by atoms with Crippen molar-refractivity contribution in [2.24, 2.45) is 5.92 Å². The van der Waals surface area contributed by atoms with E-state index < -0.39 is 0 Å². The normalized spacial score (nSPS) is 18.3. The van der Waals surface area contributed by atoms with Crippen molar-refractivity contribution in [3.63, 3.8) is 0 Å². The van der Waals surface area contributed by atoms with E-state index in [9.17, 15) is 0 Å². The van der Waals surface area contributed by atoms with Gasteiger partial charge in [0, 0.05) is 11.7 Å². The Bertz CT molecular complexity index is 584. The van der Waals surface area contributed by atoms with Crippen LogP contribution in [0.1, 0.15) is 50.2 Å². The molecular weight excluding hydrogens is 258 g/mol. The number of nitrogens with zero attached hydrogens (tertiary/aromatic N) is 3. The van der Waals surface area contributed by atoms with Crippen LogP contribution in [-0.4, -0.2) is 14.5 Å². The van der Waals surface area contributed by atoms with Crippen LogP contribution in [0.3, 0.4) is 0 Å². The van der Waals surface area contributed by atoms with Gasteiger partial charge in [-0.25, -0.2) is 9.97 Å². The molecule has 0 bridgehead atoms. The van der Waals surface area contributed by atoms with Gasteiger partial charge in [-0.3, -0.25) is 0 Å². The van der Waals surface area contributed by atoms with Gasteiger partial charge in [0.05, 0.1) is 5.88 Å². The molecule has 102 valence electrons. The summed E-state index contributed by atoms with van der Waals surface area (Å²) < 4.78 is 2.27. The van der Waals surface area contributed by atoms with Gasteiger partial charge in [0.25, 0.3) is 0 Å². The summed E-state index contributed by atoms with van der Waals surface area (Å²) in [4.78, 5) is 9.31. The van der Waals surface area contributed by atoms with Gasteiger partial charge >= 0.3 is 0 Å². The van der Waals surface area contributed by atoms with Gasteiger partial charge in [-0.15, -0.1) is 11.6 Å². The Hall–Kier alpha value is -1.09. The maximum Gasteiger partial charge on any atom is 0.160 e. The highest BCUT2D eigenvalue weighted by Crippen LogP contribution is 2.36. The third-order valence-electron chi connectivity index (χ3n) is 4.36. The van der Waals surface area contributed by atoms with Crippen molar-refractivity contribution in [3.05, 3.63) is 23.7 Å². The lowest BCUT2D eigenvalue weighted by atomic mass is 9.99. The number of fused-ring (bicyclic) bond motifs is 1. The lowest BCUT2D eigenvalue weighted by molar-refractivity contribution is 0.360. The molecule has 0 spiro atoms. The van der Waals surface area contributed by atoms with Crippen molar-refractivity contribution in [2.45, 2.75) is 51.5 Å². The average Bonchev–Trinajstić information content (AvgIpc) is 3.04. The summed E-state index contributed by atoms with van der Waals surface area (Å²) in [7, 11) is 0. The smallest absolute Gasteiger partial charge is 0.160 e. The number of hydrogen-bond acceptors (Lipinski definition) is 2. The summed E-state index contributed by atoms with van der Waals surface area (Å²) in [6.07, 6.45) is 5.33. The minimum Gasteiger partial charge on any atom is -0.309 e. The van der Waals surface area contributed by atoms with E-state index in [1.165, 1.54) is 25.7 Å². The second-order valence-electron chi connectivity index (χ2n) is 5.61. The minimum atomic E-state index is 0.440. The van der Waals surface area contributed by atoms with E-state index in [0.29, 0.717) is 11.9 Å². The first-order valence-electron chi connectivity index (χ1n) is 7.11. The highest BCUT2D eigenvalue weighted by Gasteiger charge is 2.26. The van der Waals surface area contributed by atoms with E-state index >= 15 is 0 Å². The first kappa shape index (κ1) is 12.9. The van der Waals surface area contributed by atoms with Crippen LogP contribution in [-0.2, 0) is 5.88 Å². The Kier molecular flexibility index (Phi) is 3.48. The summed E-state index contributed by atoms with van der Waals surface area (Å²) in [5.41, 5.74) is 2.99. The number of imidazole rings is 1. The maximum atomic E-state index is 6.08. The van der Waals surface area contributed by atoms with Crippen molar-refractivity contribution in [1.29, 1.82) is 0 Å². The molecule has 3 nitrogen and oxygen atoms in total. The Labute approximate surface area is 119 Å². The number of aromatic nitrogens is 3. The highest BCUT2D eigenvalue weighted by atomic mass is 35.5. The van der Waals surface area contributed by atoms with Crippen LogP contribution in [0.2, 0.25) is 0 Å². The van der Waals surface area contributed by atoms with Crippen molar-refractivity contribution < 1.29 is 0 Å². The second kappa shape index (κ2) is 5.12. The molecule has 1 unspecified atom stereocenters. The molecule has 2 heterocycles. The Morgan fingerprint density at radius 3 is 2.74 bits per heavy atom. The molecule has 1 atom stereocenters. The highest BCUT2D eigenvalue weighted by molar-refractivity contribution is 6.16. The SMILES string of the molecule is Cc1ccc2nc(CCl)n(C(C)C3CCCC3)c2n1. The number of pyridine rings is 1. The second-order valence-corrected chi connectivity index (χ2v) is 5.88. The summed E-state index contributed by atoms with van der Waals surface area (Å²) >= 11 is 6.08. The molecule has 0 saturated heterocycles. The minimum absolute atomic E-state index is 0.440. The molecule has 19 heavy (non-hydrogen) atoms. The number of aryl methyl sites for hydroxylation is 1. The zero-order chi connectivity index (χ0) is 13.4. The Balaban J connectivity index is 2.11. The molecule has 1 aliphatic rings. The van der Waals surface area contributed by atoms with E-state index in [1.54, 1.807) is 0 Å². The van der Waals surface area contributed by atoms with Gasteiger partial charge < -0.3 is 4.57 Å². The van der Waals surface area contributed by atoms with Crippen LogP contribution in [0.4, 0.5) is 0 Å². The maximum absolute atomic E-state index is 6.08. The predicted molar refractivity (Wildman–Crippen MR) is 78.5 cm³/mol. The Morgan fingerprint density at radius 2 is 2.05 bits per heavy atom. The topological polar surface area (TPSA) is 30.7 Å². The zero-order valence-corrected chi connectivity index (χ0v) is 12.3. The molecule has 1 aliphatic carbocycles. The molecule has 1 fully saturated rings. The van der Waals surface area contributed by atoms with Gasteiger partial charge in [0.1, 0.15) is 11.3 Å². The number of rotatable bonds is 3. The zero-order valence-electron chi connectivity index (χ0n) is 11.6. The largest absolute Gasteiger partial charge is 0.309 e. The first-order chi connectivity index (χ1) is 9.20. The van der Waals surface area contributed by atoms with Crippen molar-refractivity contribution in [2.75, 3.05) is 0 Å².